The lowest BCUT2D eigenvalue weighted by atomic mass is 10.3. The van der Waals surface area contributed by atoms with Crippen LogP contribution in [0.15, 0.2) is 30.3 Å². The first-order valence-electron chi connectivity index (χ1n) is 6.05. The van der Waals surface area contributed by atoms with E-state index in [1.807, 2.05) is 35.0 Å². The highest BCUT2D eigenvalue weighted by Crippen LogP contribution is 2.10. The van der Waals surface area contributed by atoms with Crippen molar-refractivity contribution in [3.8, 4) is 5.69 Å². The highest BCUT2D eigenvalue weighted by molar-refractivity contribution is 5.31. The van der Waals surface area contributed by atoms with E-state index in [1.165, 1.54) is 0 Å². The van der Waals surface area contributed by atoms with E-state index >= 15 is 0 Å². The molecule has 4 nitrogen and oxygen atoms in total. The summed E-state index contributed by atoms with van der Waals surface area (Å²) < 4.78 is 1.92. The van der Waals surface area contributed by atoms with Crippen LogP contribution in [0.4, 0.5) is 0 Å². The van der Waals surface area contributed by atoms with Crippen molar-refractivity contribution in [1.29, 1.82) is 0 Å². The Morgan fingerprint density at radius 1 is 1.24 bits per heavy atom. The molecule has 1 heterocycles. The molecule has 2 rings (SSSR count). The van der Waals surface area contributed by atoms with Gasteiger partial charge >= 0.3 is 0 Å². The van der Waals surface area contributed by atoms with E-state index in [1.54, 1.807) is 0 Å². The Morgan fingerprint density at radius 3 is 2.65 bits per heavy atom. The largest absolute Gasteiger partial charge is 0.330 e. The molecule has 0 saturated carbocycles. The standard InChI is InChI=1S/C13H18N4/c1-2-13-15-12(9-6-10-14)16-17(13)11-7-4-3-5-8-11/h3-5,7-8H,2,6,9-10,14H2,1H3. The quantitative estimate of drug-likeness (QED) is 0.851. The van der Waals surface area contributed by atoms with Crippen LogP contribution in [0.25, 0.3) is 5.69 Å². The normalized spacial score (nSPS) is 10.7. The SMILES string of the molecule is CCc1nc(CCCN)nn1-c1ccccc1. The van der Waals surface area contributed by atoms with Crippen molar-refractivity contribution < 1.29 is 0 Å². The summed E-state index contributed by atoms with van der Waals surface area (Å²) in [4.78, 5) is 4.54. The Morgan fingerprint density at radius 2 is 2.00 bits per heavy atom. The minimum absolute atomic E-state index is 0.682. The van der Waals surface area contributed by atoms with Gasteiger partial charge in [0.2, 0.25) is 0 Å². The van der Waals surface area contributed by atoms with Crippen LogP contribution in [-0.2, 0) is 12.8 Å². The average molecular weight is 230 g/mol. The fourth-order valence-corrected chi connectivity index (χ4v) is 1.76. The molecule has 0 saturated heterocycles. The molecule has 0 amide bonds. The summed E-state index contributed by atoms with van der Waals surface area (Å²) in [5.74, 6) is 1.89. The number of rotatable bonds is 5. The number of benzene rings is 1. The van der Waals surface area contributed by atoms with Gasteiger partial charge < -0.3 is 5.73 Å². The van der Waals surface area contributed by atoms with Crippen molar-refractivity contribution in [3.63, 3.8) is 0 Å². The van der Waals surface area contributed by atoms with Crippen LogP contribution >= 0.6 is 0 Å². The number of aromatic nitrogens is 3. The minimum Gasteiger partial charge on any atom is -0.330 e. The summed E-state index contributed by atoms with van der Waals surface area (Å²) in [5.41, 5.74) is 6.57. The summed E-state index contributed by atoms with van der Waals surface area (Å²) in [6, 6.07) is 10.1. The molecule has 0 unspecified atom stereocenters. The molecule has 0 spiro atoms. The maximum atomic E-state index is 5.50. The van der Waals surface area contributed by atoms with Gasteiger partial charge in [0.15, 0.2) is 5.82 Å². The lowest BCUT2D eigenvalue weighted by molar-refractivity contribution is 0.757. The van der Waals surface area contributed by atoms with Crippen molar-refractivity contribution in [1.82, 2.24) is 14.8 Å². The summed E-state index contributed by atoms with van der Waals surface area (Å²) in [7, 11) is 0. The van der Waals surface area contributed by atoms with Crippen LogP contribution < -0.4 is 5.73 Å². The number of nitrogens with zero attached hydrogens (tertiary/aromatic N) is 3. The molecular formula is C13H18N4. The molecule has 2 N–H and O–H groups in total. The van der Waals surface area contributed by atoms with Gasteiger partial charge in [-0.15, -0.1) is 0 Å². The second-order valence-corrected chi connectivity index (χ2v) is 3.94. The third kappa shape index (κ3) is 2.71. The van der Waals surface area contributed by atoms with Crippen molar-refractivity contribution in [2.45, 2.75) is 26.2 Å². The molecule has 90 valence electrons. The molecule has 0 aliphatic carbocycles. The van der Waals surface area contributed by atoms with Crippen LogP contribution in [0.5, 0.6) is 0 Å². The Labute approximate surface area is 101 Å². The zero-order valence-corrected chi connectivity index (χ0v) is 10.1. The van der Waals surface area contributed by atoms with Crippen LogP contribution in [0.2, 0.25) is 0 Å². The van der Waals surface area contributed by atoms with Gasteiger partial charge in [-0.25, -0.2) is 9.67 Å². The summed E-state index contributed by atoms with van der Waals surface area (Å²) in [6.45, 7) is 2.78. The van der Waals surface area contributed by atoms with Crippen LogP contribution in [0.1, 0.15) is 25.0 Å². The Hall–Kier alpha value is -1.68. The number of aryl methyl sites for hydroxylation is 2. The van der Waals surface area contributed by atoms with E-state index in [9.17, 15) is 0 Å². The number of nitrogens with two attached hydrogens (primary N) is 1. The van der Waals surface area contributed by atoms with Gasteiger partial charge in [-0.2, -0.15) is 5.10 Å². The molecule has 1 aromatic carbocycles. The lowest BCUT2D eigenvalue weighted by Gasteiger charge is -2.02. The second-order valence-electron chi connectivity index (χ2n) is 3.94. The molecule has 1 aromatic heterocycles. The first-order valence-corrected chi connectivity index (χ1v) is 6.05. The van der Waals surface area contributed by atoms with E-state index in [4.69, 9.17) is 5.73 Å². The van der Waals surface area contributed by atoms with Gasteiger partial charge in [0.1, 0.15) is 5.82 Å². The average Bonchev–Trinajstić information content (AvgIpc) is 2.80. The summed E-state index contributed by atoms with van der Waals surface area (Å²) >= 11 is 0. The molecule has 2 aromatic rings. The maximum absolute atomic E-state index is 5.50. The van der Waals surface area contributed by atoms with Crippen LogP contribution in [-0.4, -0.2) is 21.3 Å². The maximum Gasteiger partial charge on any atom is 0.151 e. The first kappa shape index (κ1) is 11.8. The Kier molecular flexibility index (Phi) is 3.88. The molecular weight excluding hydrogens is 212 g/mol. The van der Waals surface area contributed by atoms with E-state index < -0.39 is 0 Å². The van der Waals surface area contributed by atoms with E-state index in [2.05, 4.69) is 17.0 Å². The van der Waals surface area contributed by atoms with Gasteiger partial charge in [-0.1, -0.05) is 25.1 Å². The topological polar surface area (TPSA) is 56.7 Å². The van der Waals surface area contributed by atoms with Gasteiger partial charge in [0.25, 0.3) is 0 Å². The van der Waals surface area contributed by atoms with E-state index in [-0.39, 0.29) is 0 Å². The van der Waals surface area contributed by atoms with Crippen molar-refractivity contribution in [2.24, 2.45) is 5.73 Å². The highest BCUT2D eigenvalue weighted by atomic mass is 15.3. The summed E-state index contributed by atoms with van der Waals surface area (Å²) in [6.07, 6.45) is 2.66. The fraction of sp³-hybridized carbons (Fsp3) is 0.385. The minimum atomic E-state index is 0.682. The van der Waals surface area contributed by atoms with Gasteiger partial charge in [-0.05, 0) is 25.1 Å². The van der Waals surface area contributed by atoms with Gasteiger partial charge in [0, 0.05) is 12.8 Å². The Balaban J connectivity index is 2.30. The first-order chi connectivity index (χ1) is 8.35. The number of para-hydroxylation sites is 1. The molecule has 0 fully saturated rings. The smallest absolute Gasteiger partial charge is 0.151 e. The van der Waals surface area contributed by atoms with Gasteiger partial charge in [-0.3, -0.25) is 0 Å². The highest BCUT2D eigenvalue weighted by Gasteiger charge is 2.09. The third-order valence-corrected chi connectivity index (χ3v) is 2.64. The van der Waals surface area contributed by atoms with Gasteiger partial charge in [0.05, 0.1) is 5.69 Å². The zero-order valence-electron chi connectivity index (χ0n) is 10.1. The summed E-state index contributed by atoms with van der Waals surface area (Å²) in [5, 5.41) is 4.54. The molecule has 17 heavy (non-hydrogen) atoms. The third-order valence-electron chi connectivity index (χ3n) is 2.64. The Bertz CT molecular complexity index is 462. The van der Waals surface area contributed by atoms with E-state index in [0.29, 0.717) is 6.54 Å². The number of hydrogen-bond acceptors (Lipinski definition) is 3. The van der Waals surface area contributed by atoms with E-state index in [0.717, 1.165) is 36.6 Å². The van der Waals surface area contributed by atoms with Crippen molar-refractivity contribution in [3.05, 3.63) is 42.0 Å². The monoisotopic (exact) mass is 230 g/mol. The number of hydrogen-bond donors (Lipinski definition) is 1. The predicted molar refractivity (Wildman–Crippen MR) is 68.1 cm³/mol. The molecule has 0 radical (unpaired) electrons. The lowest BCUT2D eigenvalue weighted by Crippen LogP contribution is -2.03. The fourth-order valence-electron chi connectivity index (χ4n) is 1.76. The predicted octanol–water partition coefficient (Wildman–Crippen LogP) is 1.72. The van der Waals surface area contributed by atoms with Crippen molar-refractivity contribution >= 4 is 0 Å². The van der Waals surface area contributed by atoms with Crippen molar-refractivity contribution in [2.75, 3.05) is 6.54 Å². The zero-order chi connectivity index (χ0) is 12.1. The molecule has 0 aliphatic rings. The molecule has 0 atom stereocenters. The van der Waals surface area contributed by atoms with Crippen LogP contribution in [0.3, 0.4) is 0 Å². The van der Waals surface area contributed by atoms with Crippen LogP contribution in [0, 0.1) is 0 Å². The molecule has 0 aliphatic heterocycles. The molecule has 4 heteroatoms. The second kappa shape index (κ2) is 5.59. The molecule has 0 bridgehead atoms.